The van der Waals surface area contributed by atoms with Crippen LogP contribution in [-0.4, -0.2) is 51.0 Å². The van der Waals surface area contributed by atoms with Gasteiger partial charge < -0.3 is 10.2 Å². The Balaban J connectivity index is 1.83. The van der Waals surface area contributed by atoms with Crippen molar-refractivity contribution in [2.24, 2.45) is 0 Å². The summed E-state index contributed by atoms with van der Waals surface area (Å²) < 4.78 is 26.1. The van der Waals surface area contributed by atoms with Crippen molar-refractivity contribution in [3.63, 3.8) is 0 Å². The first-order valence-electron chi connectivity index (χ1n) is 10.4. The molecule has 0 saturated carbocycles. The number of anilines is 2. The van der Waals surface area contributed by atoms with Crippen molar-refractivity contribution < 1.29 is 18.0 Å². The van der Waals surface area contributed by atoms with Crippen LogP contribution in [0.4, 0.5) is 11.4 Å². The number of nitrogens with one attached hydrogen (secondary N) is 1. The predicted octanol–water partition coefficient (Wildman–Crippen LogP) is 3.33. The van der Waals surface area contributed by atoms with Crippen molar-refractivity contribution in [1.82, 2.24) is 4.90 Å². The van der Waals surface area contributed by atoms with Gasteiger partial charge in [-0.1, -0.05) is 30.3 Å². The molecular formula is C23H29N3O4S. The lowest BCUT2D eigenvalue weighted by Gasteiger charge is -2.28. The van der Waals surface area contributed by atoms with Crippen LogP contribution in [0.2, 0.25) is 0 Å². The van der Waals surface area contributed by atoms with E-state index in [4.69, 9.17) is 0 Å². The van der Waals surface area contributed by atoms with E-state index in [1.165, 1.54) is 0 Å². The minimum atomic E-state index is -3.70. The zero-order valence-corrected chi connectivity index (χ0v) is 19.0. The Hall–Kier alpha value is -2.87. The highest BCUT2D eigenvalue weighted by Gasteiger charge is 2.25. The quantitative estimate of drug-likeness (QED) is 0.742. The van der Waals surface area contributed by atoms with Gasteiger partial charge in [0, 0.05) is 13.1 Å². The number of hydrogen-bond donors (Lipinski definition) is 1. The first kappa shape index (κ1) is 22.8. The summed E-state index contributed by atoms with van der Waals surface area (Å²) >= 11 is 0. The minimum absolute atomic E-state index is 0.120. The lowest BCUT2D eigenvalue weighted by atomic mass is 10.1. The lowest BCUT2D eigenvalue weighted by Crippen LogP contribution is -2.39. The molecule has 0 spiro atoms. The largest absolute Gasteiger partial charge is 0.339 e. The van der Waals surface area contributed by atoms with E-state index in [1.54, 1.807) is 29.2 Å². The van der Waals surface area contributed by atoms with Gasteiger partial charge in [0.2, 0.25) is 15.9 Å². The van der Waals surface area contributed by atoms with Crippen LogP contribution in [0, 0.1) is 13.8 Å². The zero-order chi connectivity index (χ0) is 22.6. The Morgan fingerprint density at radius 2 is 1.58 bits per heavy atom. The molecule has 166 valence electrons. The molecule has 31 heavy (non-hydrogen) atoms. The molecule has 0 aromatic heterocycles. The molecule has 1 heterocycles. The molecule has 2 aromatic rings. The van der Waals surface area contributed by atoms with Gasteiger partial charge in [0.15, 0.2) is 0 Å². The predicted molar refractivity (Wildman–Crippen MR) is 123 cm³/mol. The molecule has 1 aliphatic rings. The summed E-state index contributed by atoms with van der Waals surface area (Å²) in [5.41, 5.74) is 2.82. The third kappa shape index (κ3) is 5.44. The molecule has 0 aliphatic carbocycles. The van der Waals surface area contributed by atoms with Crippen LogP contribution >= 0.6 is 0 Å². The van der Waals surface area contributed by atoms with Gasteiger partial charge in [-0.3, -0.25) is 13.9 Å². The first-order valence-corrected chi connectivity index (χ1v) is 12.3. The monoisotopic (exact) mass is 443 g/mol. The summed E-state index contributed by atoms with van der Waals surface area (Å²) in [5, 5.41) is 2.75. The van der Waals surface area contributed by atoms with E-state index in [9.17, 15) is 18.0 Å². The van der Waals surface area contributed by atoms with Crippen molar-refractivity contribution in [3.05, 3.63) is 59.2 Å². The summed E-state index contributed by atoms with van der Waals surface area (Å²) in [7, 11) is -3.70. The second-order valence-corrected chi connectivity index (χ2v) is 9.86. The summed E-state index contributed by atoms with van der Waals surface area (Å²) in [4.78, 5) is 27.6. The highest BCUT2D eigenvalue weighted by molar-refractivity contribution is 7.92. The number of hydrogen-bond acceptors (Lipinski definition) is 4. The Morgan fingerprint density at radius 3 is 2.19 bits per heavy atom. The summed E-state index contributed by atoms with van der Waals surface area (Å²) in [6.45, 7) is 4.65. The summed E-state index contributed by atoms with van der Waals surface area (Å²) in [6.07, 6.45) is 4.14. The molecule has 2 aromatic carbocycles. The van der Waals surface area contributed by atoms with E-state index < -0.39 is 15.9 Å². The Kier molecular flexibility index (Phi) is 7.00. The fourth-order valence-corrected chi connectivity index (χ4v) is 4.90. The molecule has 7 nitrogen and oxygen atoms in total. The van der Waals surface area contributed by atoms with Crippen molar-refractivity contribution in [2.75, 3.05) is 35.5 Å². The van der Waals surface area contributed by atoms with Gasteiger partial charge in [0.1, 0.15) is 6.54 Å². The van der Waals surface area contributed by atoms with Crippen LogP contribution in [0.15, 0.2) is 42.5 Å². The van der Waals surface area contributed by atoms with Gasteiger partial charge in [-0.15, -0.1) is 0 Å². The van der Waals surface area contributed by atoms with Crippen molar-refractivity contribution in [2.45, 2.75) is 33.1 Å². The maximum absolute atomic E-state index is 13.0. The number of para-hydroxylation sites is 2. The molecule has 2 amide bonds. The normalized spacial score (nSPS) is 14.2. The number of amides is 2. The highest BCUT2D eigenvalue weighted by atomic mass is 32.2. The highest BCUT2D eigenvalue weighted by Crippen LogP contribution is 2.27. The number of carbonyl (C=O) groups excluding carboxylic acids is 2. The second kappa shape index (κ2) is 9.51. The average molecular weight is 444 g/mol. The first-order chi connectivity index (χ1) is 14.7. The average Bonchev–Trinajstić information content (AvgIpc) is 2.72. The fourth-order valence-electron chi connectivity index (χ4n) is 3.93. The van der Waals surface area contributed by atoms with E-state index in [0.717, 1.165) is 41.0 Å². The Bertz CT molecular complexity index is 1060. The van der Waals surface area contributed by atoms with Gasteiger partial charge in [-0.2, -0.15) is 0 Å². The number of benzene rings is 2. The lowest BCUT2D eigenvalue weighted by molar-refractivity contribution is -0.114. The van der Waals surface area contributed by atoms with E-state index >= 15 is 0 Å². The molecule has 0 atom stereocenters. The topological polar surface area (TPSA) is 86.8 Å². The van der Waals surface area contributed by atoms with E-state index in [0.29, 0.717) is 30.0 Å². The number of likely N-dealkylation sites (tertiary alicyclic amines) is 1. The van der Waals surface area contributed by atoms with Crippen LogP contribution in [-0.2, 0) is 14.8 Å². The molecule has 8 heteroatoms. The fraction of sp³-hybridized carbons (Fsp3) is 0.391. The molecule has 1 saturated heterocycles. The van der Waals surface area contributed by atoms with E-state index in [1.807, 2.05) is 32.0 Å². The number of piperidine rings is 1. The number of carbonyl (C=O) groups is 2. The van der Waals surface area contributed by atoms with Gasteiger partial charge in [0.25, 0.3) is 5.91 Å². The summed E-state index contributed by atoms with van der Waals surface area (Å²) in [6, 6.07) is 12.3. The molecule has 0 unspecified atom stereocenters. The SMILES string of the molecule is Cc1cccc(C)c1N(CC(=O)Nc1ccccc1C(=O)N1CCCCC1)S(C)(=O)=O. The standard InChI is InChI=1S/C23H29N3O4S/c1-17-10-9-11-18(2)22(17)26(31(3,29)30)16-21(27)24-20-13-6-5-12-19(20)23(28)25-14-7-4-8-15-25/h5-6,9-13H,4,7-8,14-16H2,1-3H3,(H,24,27). The minimum Gasteiger partial charge on any atom is -0.339 e. The van der Waals surface area contributed by atoms with Crippen LogP contribution in [0.25, 0.3) is 0 Å². The molecular weight excluding hydrogens is 414 g/mol. The van der Waals surface area contributed by atoms with Gasteiger partial charge in [0.05, 0.1) is 23.2 Å². The smallest absolute Gasteiger partial charge is 0.255 e. The Labute approximate surface area is 184 Å². The third-order valence-electron chi connectivity index (χ3n) is 5.45. The third-order valence-corrected chi connectivity index (χ3v) is 6.56. The van der Waals surface area contributed by atoms with Crippen molar-refractivity contribution >= 4 is 33.2 Å². The van der Waals surface area contributed by atoms with Crippen LogP contribution in [0.3, 0.4) is 0 Å². The van der Waals surface area contributed by atoms with E-state index in [-0.39, 0.29) is 12.5 Å². The van der Waals surface area contributed by atoms with Gasteiger partial charge >= 0.3 is 0 Å². The molecule has 3 rings (SSSR count). The number of aryl methyl sites for hydroxylation is 2. The molecule has 1 N–H and O–H groups in total. The maximum atomic E-state index is 13.0. The van der Waals surface area contributed by atoms with Crippen LogP contribution in [0.1, 0.15) is 40.7 Å². The Morgan fingerprint density at radius 1 is 0.968 bits per heavy atom. The van der Waals surface area contributed by atoms with Crippen molar-refractivity contribution in [1.29, 1.82) is 0 Å². The number of nitrogens with zero attached hydrogens (tertiary/aromatic N) is 2. The molecule has 1 fully saturated rings. The number of rotatable bonds is 6. The molecule has 0 radical (unpaired) electrons. The second-order valence-electron chi connectivity index (χ2n) is 7.96. The van der Waals surface area contributed by atoms with Gasteiger partial charge in [-0.05, 0) is 56.4 Å². The zero-order valence-electron chi connectivity index (χ0n) is 18.2. The number of sulfonamides is 1. The summed E-state index contributed by atoms with van der Waals surface area (Å²) in [5.74, 6) is -0.628. The van der Waals surface area contributed by atoms with E-state index in [2.05, 4.69) is 5.32 Å². The van der Waals surface area contributed by atoms with Crippen LogP contribution < -0.4 is 9.62 Å². The maximum Gasteiger partial charge on any atom is 0.255 e. The molecule has 0 bridgehead atoms. The van der Waals surface area contributed by atoms with Crippen LogP contribution in [0.5, 0.6) is 0 Å². The molecule has 1 aliphatic heterocycles. The van der Waals surface area contributed by atoms with Crippen molar-refractivity contribution in [3.8, 4) is 0 Å². The van der Waals surface area contributed by atoms with Gasteiger partial charge in [-0.25, -0.2) is 8.42 Å².